The lowest BCUT2D eigenvalue weighted by Gasteiger charge is -2.23. The van der Waals surface area contributed by atoms with Crippen molar-refractivity contribution in [3.8, 4) is 0 Å². The minimum atomic E-state index is -1.05. The maximum atomic E-state index is 12.0. The first-order chi connectivity index (χ1) is 9.16. The van der Waals surface area contributed by atoms with E-state index >= 15 is 0 Å². The Kier molecular flexibility index (Phi) is 4.51. The monoisotopic (exact) mass is 267 g/mol. The largest absolute Gasteiger partial charge is 0.480 e. The number of nitrogens with zero attached hydrogens (tertiary/aromatic N) is 1. The topological polar surface area (TPSA) is 104 Å². The summed E-state index contributed by atoms with van der Waals surface area (Å²) >= 11 is 0. The van der Waals surface area contributed by atoms with Gasteiger partial charge >= 0.3 is 5.97 Å². The molecule has 0 aromatic carbocycles. The summed E-state index contributed by atoms with van der Waals surface area (Å²) in [7, 11) is 0. The van der Waals surface area contributed by atoms with E-state index in [0.29, 0.717) is 31.7 Å². The molecule has 0 bridgehead atoms. The van der Waals surface area contributed by atoms with Crippen molar-refractivity contribution in [1.82, 2.24) is 15.3 Å². The Morgan fingerprint density at radius 2 is 2.26 bits per heavy atom. The molecule has 1 aromatic rings. The number of aromatic amines is 1. The SMILES string of the molecule is O=C(N[C@@H](Cc1cnc[nH]1)C(=O)O)C1CCOCC1. The molecular weight excluding hydrogens is 250 g/mol. The molecule has 1 fully saturated rings. The number of carbonyl (C=O) groups excluding carboxylic acids is 1. The van der Waals surface area contributed by atoms with E-state index in [1.165, 1.54) is 6.33 Å². The van der Waals surface area contributed by atoms with Crippen molar-refractivity contribution >= 4 is 11.9 Å². The molecule has 19 heavy (non-hydrogen) atoms. The average Bonchev–Trinajstić information content (AvgIpc) is 2.91. The van der Waals surface area contributed by atoms with Crippen molar-refractivity contribution in [2.45, 2.75) is 25.3 Å². The summed E-state index contributed by atoms with van der Waals surface area (Å²) in [6.07, 6.45) is 4.51. The number of H-pyrrole nitrogens is 1. The number of nitrogens with one attached hydrogen (secondary N) is 2. The number of imidazole rings is 1. The second kappa shape index (κ2) is 6.33. The van der Waals surface area contributed by atoms with E-state index in [9.17, 15) is 9.59 Å². The van der Waals surface area contributed by atoms with E-state index in [1.807, 2.05) is 0 Å². The average molecular weight is 267 g/mol. The van der Waals surface area contributed by atoms with Gasteiger partial charge in [-0.2, -0.15) is 0 Å². The number of carboxylic acid groups (broad SMARTS) is 1. The highest BCUT2D eigenvalue weighted by Gasteiger charge is 2.27. The lowest BCUT2D eigenvalue weighted by Crippen LogP contribution is -2.46. The minimum Gasteiger partial charge on any atom is -0.480 e. The normalized spacial score (nSPS) is 17.9. The third kappa shape index (κ3) is 3.78. The summed E-state index contributed by atoms with van der Waals surface area (Å²) < 4.78 is 5.18. The zero-order valence-electron chi connectivity index (χ0n) is 10.5. The van der Waals surface area contributed by atoms with Crippen LogP contribution in [0.15, 0.2) is 12.5 Å². The van der Waals surface area contributed by atoms with Gasteiger partial charge in [-0.3, -0.25) is 4.79 Å². The lowest BCUT2D eigenvalue weighted by molar-refractivity contribution is -0.143. The molecule has 2 heterocycles. The van der Waals surface area contributed by atoms with Crippen molar-refractivity contribution in [1.29, 1.82) is 0 Å². The first-order valence-corrected chi connectivity index (χ1v) is 6.25. The number of carbonyl (C=O) groups is 2. The minimum absolute atomic E-state index is 0.155. The first kappa shape index (κ1) is 13.5. The maximum Gasteiger partial charge on any atom is 0.326 e. The quantitative estimate of drug-likeness (QED) is 0.693. The molecule has 7 nitrogen and oxygen atoms in total. The Labute approximate surface area is 110 Å². The van der Waals surface area contributed by atoms with Crippen LogP contribution < -0.4 is 5.32 Å². The molecule has 0 aliphatic carbocycles. The van der Waals surface area contributed by atoms with Crippen LogP contribution in [-0.2, 0) is 20.7 Å². The van der Waals surface area contributed by atoms with Gasteiger partial charge in [0.2, 0.25) is 5.91 Å². The molecule has 0 unspecified atom stereocenters. The molecule has 1 aliphatic rings. The fourth-order valence-corrected chi connectivity index (χ4v) is 2.07. The third-order valence-corrected chi connectivity index (χ3v) is 3.19. The number of hydrogen-bond donors (Lipinski definition) is 3. The molecule has 0 spiro atoms. The summed E-state index contributed by atoms with van der Waals surface area (Å²) in [5.41, 5.74) is 0.680. The predicted octanol–water partition coefficient (Wildman–Crippen LogP) is -0.0518. The fraction of sp³-hybridized carbons (Fsp3) is 0.583. The van der Waals surface area contributed by atoms with Crippen LogP contribution in [0.3, 0.4) is 0 Å². The molecule has 0 saturated carbocycles. The van der Waals surface area contributed by atoms with Gasteiger partial charge in [0.1, 0.15) is 6.04 Å². The number of rotatable bonds is 5. The molecule has 3 N–H and O–H groups in total. The van der Waals surface area contributed by atoms with Crippen LogP contribution in [0.4, 0.5) is 0 Å². The second-order valence-corrected chi connectivity index (χ2v) is 4.57. The van der Waals surface area contributed by atoms with Crippen LogP contribution in [0.25, 0.3) is 0 Å². The van der Waals surface area contributed by atoms with Gasteiger partial charge in [-0.25, -0.2) is 9.78 Å². The molecule has 1 amide bonds. The van der Waals surface area contributed by atoms with Gasteiger partial charge in [-0.1, -0.05) is 0 Å². The molecule has 1 saturated heterocycles. The van der Waals surface area contributed by atoms with Crippen LogP contribution in [0.1, 0.15) is 18.5 Å². The first-order valence-electron chi connectivity index (χ1n) is 6.25. The van der Waals surface area contributed by atoms with Crippen LogP contribution in [-0.4, -0.2) is 46.2 Å². The van der Waals surface area contributed by atoms with Gasteiger partial charge in [0.05, 0.1) is 6.33 Å². The zero-order valence-corrected chi connectivity index (χ0v) is 10.5. The molecule has 1 aliphatic heterocycles. The molecule has 104 valence electrons. The van der Waals surface area contributed by atoms with Gasteiger partial charge in [-0.05, 0) is 12.8 Å². The summed E-state index contributed by atoms with van der Waals surface area (Å²) in [6.45, 7) is 1.10. The molecule has 1 aromatic heterocycles. The van der Waals surface area contributed by atoms with E-state index in [0.717, 1.165) is 0 Å². The molecule has 7 heteroatoms. The van der Waals surface area contributed by atoms with Gasteiger partial charge in [0.15, 0.2) is 0 Å². The Bertz CT molecular complexity index is 426. The number of carboxylic acids is 1. The van der Waals surface area contributed by atoms with E-state index in [1.54, 1.807) is 6.20 Å². The maximum absolute atomic E-state index is 12.0. The van der Waals surface area contributed by atoms with Crippen molar-refractivity contribution in [2.24, 2.45) is 5.92 Å². The van der Waals surface area contributed by atoms with Crippen molar-refractivity contribution in [3.63, 3.8) is 0 Å². The fourth-order valence-electron chi connectivity index (χ4n) is 2.07. The summed E-state index contributed by atoms with van der Waals surface area (Å²) in [5, 5.41) is 11.7. The second-order valence-electron chi connectivity index (χ2n) is 4.57. The Balaban J connectivity index is 1.92. The number of aliphatic carboxylic acids is 1. The smallest absolute Gasteiger partial charge is 0.326 e. The Hall–Kier alpha value is -1.89. The number of hydrogen-bond acceptors (Lipinski definition) is 4. The van der Waals surface area contributed by atoms with E-state index in [4.69, 9.17) is 9.84 Å². The number of ether oxygens (including phenoxy) is 1. The predicted molar refractivity (Wildman–Crippen MR) is 65.4 cm³/mol. The Morgan fingerprint density at radius 1 is 1.53 bits per heavy atom. The molecule has 1 atom stereocenters. The molecular formula is C12H17N3O4. The van der Waals surface area contributed by atoms with Gasteiger partial charge in [0, 0.05) is 37.4 Å². The highest BCUT2D eigenvalue weighted by atomic mass is 16.5. The van der Waals surface area contributed by atoms with Crippen LogP contribution in [0.5, 0.6) is 0 Å². The van der Waals surface area contributed by atoms with E-state index < -0.39 is 12.0 Å². The van der Waals surface area contributed by atoms with E-state index in [2.05, 4.69) is 15.3 Å². The number of aromatic nitrogens is 2. The summed E-state index contributed by atoms with van der Waals surface area (Å²) in [6, 6.07) is -0.934. The zero-order chi connectivity index (χ0) is 13.7. The third-order valence-electron chi connectivity index (χ3n) is 3.19. The van der Waals surface area contributed by atoms with Gasteiger partial charge in [-0.15, -0.1) is 0 Å². The van der Waals surface area contributed by atoms with Crippen molar-refractivity contribution in [2.75, 3.05) is 13.2 Å². The Morgan fingerprint density at radius 3 is 2.84 bits per heavy atom. The highest BCUT2D eigenvalue weighted by Crippen LogP contribution is 2.15. The van der Waals surface area contributed by atoms with E-state index in [-0.39, 0.29) is 18.2 Å². The lowest BCUT2D eigenvalue weighted by atomic mass is 9.98. The number of amides is 1. The van der Waals surface area contributed by atoms with Crippen molar-refractivity contribution < 1.29 is 19.4 Å². The van der Waals surface area contributed by atoms with Crippen molar-refractivity contribution in [3.05, 3.63) is 18.2 Å². The van der Waals surface area contributed by atoms with Crippen LogP contribution in [0, 0.1) is 5.92 Å². The molecule has 2 rings (SSSR count). The summed E-state index contributed by atoms with van der Waals surface area (Å²) in [4.78, 5) is 29.8. The van der Waals surface area contributed by atoms with Crippen LogP contribution >= 0.6 is 0 Å². The molecule has 0 radical (unpaired) electrons. The van der Waals surface area contributed by atoms with Crippen LogP contribution in [0.2, 0.25) is 0 Å². The summed E-state index contributed by atoms with van der Waals surface area (Å²) in [5.74, 6) is -1.41. The van der Waals surface area contributed by atoms with Gasteiger partial charge < -0.3 is 20.1 Å². The highest BCUT2D eigenvalue weighted by molar-refractivity contribution is 5.85. The standard InChI is InChI=1S/C12H17N3O4/c16-11(8-1-3-19-4-2-8)15-10(12(17)18)5-9-6-13-7-14-9/h6-8,10H,1-5H2,(H,13,14)(H,15,16)(H,17,18)/t10-/m0/s1. The van der Waals surface area contributed by atoms with Gasteiger partial charge in [0.25, 0.3) is 0 Å².